The van der Waals surface area contributed by atoms with Crippen molar-refractivity contribution < 1.29 is 24.2 Å². The summed E-state index contributed by atoms with van der Waals surface area (Å²) in [7, 11) is 1.58. The van der Waals surface area contributed by atoms with Gasteiger partial charge in [-0.05, 0) is 60.0 Å². The third-order valence-corrected chi connectivity index (χ3v) is 6.19. The molecule has 0 saturated heterocycles. The van der Waals surface area contributed by atoms with Gasteiger partial charge in [0.2, 0.25) is 5.91 Å². The van der Waals surface area contributed by atoms with Gasteiger partial charge in [-0.1, -0.05) is 66.7 Å². The quantitative estimate of drug-likeness (QED) is 0.116. The second-order valence-corrected chi connectivity index (χ2v) is 9.41. The van der Waals surface area contributed by atoms with Gasteiger partial charge in [0, 0.05) is 18.2 Å². The molecular weight excluding hydrogens is 532 g/mol. The number of nitrogens with one attached hydrogen (secondary N) is 3. The molecule has 0 bridgehead atoms. The van der Waals surface area contributed by atoms with Crippen LogP contribution in [0.3, 0.4) is 0 Å². The highest BCUT2D eigenvalue weighted by Gasteiger charge is 2.24. The lowest BCUT2D eigenvalue weighted by Gasteiger charge is -2.24. The van der Waals surface area contributed by atoms with Gasteiger partial charge >= 0.3 is 0 Å². The fraction of sp³-hybridized carbons (Fsp3) is 0.182. The van der Waals surface area contributed by atoms with Crippen LogP contribution in [0, 0.1) is 5.41 Å². The molecule has 1 amide bonds. The standard InChI is InChI=1S/C31H32N4O3.C2H4O2/c1-21(23-11-7-4-8-12-23)34-31(36)29(35-26-16-13-24(14-17-26)30(32)33)25-15-18-27(28(19-25)37-2)38-20-22-9-5-3-6-10-22;1-2(3)4/h3-19,21,29,35H,20H2,1-2H3,(H3,32,33)(H,34,36);1H3,(H,3,4)/t21-,29-;/m0./s1. The number of ether oxygens (including phenoxy) is 2. The average molecular weight is 569 g/mol. The van der Waals surface area contributed by atoms with Crippen LogP contribution in [-0.4, -0.2) is 29.9 Å². The summed E-state index contributed by atoms with van der Waals surface area (Å²) in [5.41, 5.74) is 9.68. The van der Waals surface area contributed by atoms with Crippen molar-refractivity contribution in [2.75, 3.05) is 12.4 Å². The zero-order valence-corrected chi connectivity index (χ0v) is 23.8. The fourth-order valence-electron chi connectivity index (χ4n) is 4.05. The number of nitrogen functional groups attached to an aromatic ring is 1. The number of rotatable bonds is 11. The molecule has 4 aromatic rings. The number of amidine groups is 1. The molecule has 0 aromatic heterocycles. The van der Waals surface area contributed by atoms with Gasteiger partial charge < -0.3 is 30.9 Å². The molecule has 4 rings (SSSR count). The van der Waals surface area contributed by atoms with Crippen molar-refractivity contribution in [2.45, 2.75) is 32.5 Å². The first-order valence-electron chi connectivity index (χ1n) is 13.3. The smallest absolute Gasteiger partial charge is 0.300 e. The zero-order valence-electron chi connectivity index (χ0n) is 23.8. The van der Waals surface area contributed by atoms with Crippen LogP contribution in [-0.2, 0) is 16.2 Å². The first-order valence-corrected chi connectivity index (χ1v) is 13.3. The van der Waals surface area contributed by atoms with Crippen LogP contribution in [0.2, 0.25) is 0 Å². The van der Waals surface area contributed by atoms with Crippen LogP contribution in [0.5, 0.6) is 11.5 Å². The van der Waals surface area contributed by atoms with Crippen LogP contribution in [0.15, 0.2) is 103 Å². The minimum atomic E-state index is -0.833. The molecule has 0 radical (unpaired) electrons. The molecule has 218 valence electrons. The lowest BCUT2D eigenvalue weighted by molar-refractivity contribution is -0.134. The summed E-state index contributed by atoms with van der Waals surface area (Å²) < 4.78 is 11.6. The van der Waals surface area contributed by atoms with Crippen molar-refractivity contribution in [3.63, 3.8) is 0 Å². The van der Waals surface area contributed by atoms with Crippen molar-refractivity contribution >= 4 is 23.4 Å². The molecule has 0 aliphatic rings. The number of carboxylic acid groups (broad SMARTS) is 1. The Hall–Kier alpha value is -5.31. The second-order valence-electron chi connectivity index (χ2n) is 9.41. The fourth-order valence-corrected chi connectivity index (χ4v) is 4.05. The predicted molar refractivity (Wildman–Crippen MR) is 164 cm³/mol. The lowest BCUT2D eigenvalue weighted by atomic mass is 10.0. The van der Waals surface area contributed by atoms with E-state index < -0.39 is 12.0 Å². The van der Waals surface area contributed by atoms with E-state index in [1.807, 2.05) is 85.8 Å². The average Bonchev–Trinajstić information content (AvgIpc) is 2.99. The summed E-state index contributed by atoms with van der Waals surface area (Å²) in [5.74, 6) is 0.0687. The first-order chi connectivity index (χ1) is 20.2. The number of nitrogens with two attached hydrogens (primary N) is 1. The summed E-state index contributed by atoms with van der Waals surface area (Å²) in [6, 6.07) is 31.4. The Morgan fingerprint density at radius 2 is 1.48 bits per heavy atom. The van der Waals surface area contributed by atoms with Gasteiger partial charge in [-0.3, -0.25) is 15.0 Å². The van der Waals surface area contributed by atoms with Gasteiger partial charge in [0.05, 0.1) is 13.2 Å². The van der Waals surface area contributed by atoms with E-state index in [4.69, 9.17) is 30.5 Å². The number of hydrogen-bond donors (Lipinski definition) is 5. The molecule has 2 atom stereocenters. The number of carboxylic acids is 1. The maximum Gasteiger partial charge on any atom is 0.300 e. The van der Waals surface area contributed by atoms with Gasteiger partial charge in [-0.15, -0.1) is 0 Å². The Bertz CT molecular complexity index is 1460. The topological polar surface area (TPSA) is 147 Å². The Balaban J connectivity index is 0.00000114. The van der Waals surface area contributed by atoms with Gasteiger partial charge in [0.15, 0.2) is 11.5 Å². The van der Waals surface area contributed by atoms with E-state index in [0.717, 1.165) is 18.1 Å². The number of carbonyl (C=O) groups is 2. The predicted octanol–water partition coefficient (Wildman–Crippen LogP) is 5.68. The molecule has 0 heterocycles. The monoisotopic (exact) mass is 568 g/mol. The van der Waals surface area contributed by atoms with E-state index in [-0.39, 0.29) is 17.8 Å². The number of anilines is 1. The summed E-state index contributed by atoms with van der Waals surface area (Å²) in [4.78, 5) is 22.6. The second kappa shape index (κ2) is 15.5. The number of aliphatic carboxylic acids is 1. The number of amides is 1. The summed E-state index contributed by atoms with van der Waals surface area (Å²) in [5, 5.41) is 21.5. The van der Waals surface area contributed by atoms with Crippen LogP contribution >= 0.6 is 0 Å². The highest BCUT2D eigenvalue weighted by molar-refractivity contribution is 5.95. The lowest BCUT2D eigenvalue weighted by Crippen LogP contribution is -2.35. The zero-order chi connectivity index (χ0) is 30.5. The number of methoxy groups -OCH3 is 1. The SMILES string of the molecule is CC(=O)O.COc1cc([C@H](Nc2ccc(C(=N)N)cc2)C(=O)N[C@@H](C)c2ccccc2)ccc1OCc1ccccc1. The molecule has 9 nitrogen and oxygen atoms in total. The number of carbonyl (C=O) groups excluding carboxylic acids is 1. The van der Waals surface area contributed by atoms with Crippen molar-refractivity contribution in [1.82, 2.24) is 5.32 Å². The molecule has 4 aromatic carbocycles. The molecular formula is C33H36N4O5. The van der Waals surface area contributed by atoms with Crippen LogP contribution in [0.4, 0.5) is 5.69 Å². The molecule has 0 unspecified atom stereocenters. The van der Waals surface area contributed by atoms with E-state index in [1.165, 1.54) is 0 Å². The van der Waals surface area contributed by atoms with Gasteiger partial charge in [0.25, 0.3) is 5.97 Å². The molecule has 0 spiro atoms. The Labute approximate surface area is 245 Å². The third-order valence-electron chi connectivity index (χ3n) is 6.19. The summed E-state index contributed by atoms with van der Waals surface area (Å²) in [6.45, 7) is 3.43. The normalized spacial score (nSPS) is 11.6. The Kier molecular flexibility index (Phi) is 11.5. The van der Waals surface area contributed by atoms with Gasteiger partial charge in [0.1, 0.15) is 18.5 Å². The maximum atomic E-state index is 13.6. The largest absolute Gasteiger partial charge is 0.493 e. The number of benzene rings is 4. The maximum absolute atomic E-state index is 13.6. The molecule has 0 saturated carbocycles. The number of hydrogen-bond acceptors (Lipinski definition) is 6. The van der Waals surface area contributed by atoms with Crippen LogP contribution in [0.25, 0.3) is 0 Å². The van der Waals surface area contributed by atoms with Crippen LogP contribution in [0.1, 0.15) is 48.2 Å². The van der Waals surface area contributed by atoms with E-state index in [0.29, 0.717) is 34.9 Å². The minimum Gasteiger partial charge on any atom is -0.493 e. The van der Waals surface area contributed by atoms with Crippen molar-refractivity contribution in [1.29, 1.82) is 5.41 Å². The van der Waals surface area contributed by atoms with E-state index >= 15 is 0 Å². The molecule has 9 heteroatoms. The molecule has 6 N–H and O–H groups in total. The van der Waals surface area contributed by atoms with Crippen molar-refractivity contribution in [3.8, 4) is 11.5 Å². The first kappa shape index (κ1) is 31.2. The third kappa shape index (κ3) is 9.41. The van der Waals surface area contributed by atoms with Gasteiger partial charge in [-0.25, -0.2) is 0 Å². The van der Waals surface area contributed by atoms with Crippen molar-refractivity contribution in [3.05, 3.63) is 125 Å². The van der Waals surface area contributed by atoms with Crippen LogP contribution < -0.4 is 25.8 Å². The van der Waals surface area contributed by atoms with Gasteiger partial charge in [-0.2, -0.15) is 0 Å². The molecule has 0 aliphatic carbocycles. The van der Waals surface area contributed by atoms with E-state index in [2.05, 4.69) is 10.6 Å². The molecule has 0 aliphatic heterocycles. The van der Waals surface area contributed by atoms with E-state index in [9.17, 15) is 4.79 Å². The highest BCUT2D eigenvalue weighted by atomic mass is 16.5. The summed E-state index contributed by atoms with van der Waals surface area (Å²) in [6.07, 6.45) is 0. The Morgan fingerprint density at radius 3 is 2.05 bits per heavy atom. The van der Waals surface area contributed by atoms with E-state index in [1.54, 1.807) is 31.4 Å². The van der Waals surface area contributed by atoms with Crippen molar-refractivity contribution in [2.24, 2.45) is 5.73 Å². The molecule has 42 heavy (non-hydrogen) atoms. The summed E-state index contributed by atoms with van der Waals surface area (Å²) >= 11 is 0. The molecule has 0 fully saturated rings. The highest BCUT2D eigenvalue weighted by Crippen LogP contribution is 2.33. The minimum absolute atomic E-state index is 0.0154. The Morgan fingerprint density at radius 1 is 0.881 bits per heavy atom.